The first-order chi connectivity index (χ1) is 13.0. The van der Waals surface area contributed by atoms with Gasteiger partial charge in [0, 0.05) is 31.4 Å². The number of carbonyl (C=O) groups is 1. The van der Waals surface area contributed by atoms with Crippen LogP contribution in [0, 0.1) is 13.8 Å². The number of rotatable bonds is 6. The van der Waals surface area contributed by atoms with Gasteiger partial charge in [-0.05, 0) is 26.0 Å². The minimum absolute atomic E-state index is 0.215. The van der Waals surface area contributed by atoms with Crippen molar-refractivity contribution in [2.24, 2.45) is 0 Å². The first kappa shape index (κ1) is 18.6. The summed E-state index contributed by atoms with van der Waals surface area (Å²) >= 11 is 0. The van der Waals surface area contributed by atoms with E-state index in [2.05, 4.69) is 20.3 Å². The van der Waals surface area contributed by atoms with Crippen LogP contribution >= 0.6 is 0 Å². The fourth-order valence-electron chi connectivity index (χ4n) is 2.65. The number of ether oxygens (including phenoxy) is 1. The zero-order chi connectivity index (χ0) is 19.4. The van der Waals surface area contributed by atoms with Crippen LogP contribution in [0.25, 0.3) is 10.9 Å². The predicted molar refractivity (Wildman–Crippen MR) is 105 cm³/mol. The maximum Gasteiger partial charge on any atom is 0.254 e. The summed E-state index contributed by atoms with van der Waals surface area (Å²) in [7, 11) is 3.71. The van der Waals surface area contributed by atoms with Gasteiger partial charge in [-0.25, -0.2) is 15.0 Å². The third kappa shape index (κ3) is 4.31. The van der Waals surface area contributed by atoms with E-state index in [1.165, 1.54) is 0 Å². The van der Waals surface area contributed by atoms with Gasteiger partial charge in [0.15, 0.2) is 0 Å². The van der Waals surface area contributed by atoms with Crippen LogP contribution in [-0.4, -0.2) is 48.1 Å². The molecule has 7 heteroatoms. The van der Waals surface area contributed by atoms with Crippen molar-refractivity contribution in [2.45, 2.75) is 13.8 Å². The van der Waals surface area contributed by atoms with Crippen LogP contribution in [0.1, 0.15) is 21.7 Å². The van der Waals surface area contributed by atoms with Gasteiger partial charge in [0.05, 0.1) is 17.8 Å². The Morgan fingerprint density at radius 3 is 2.70 bits per heavy atom. The van der Waals surface area contributed by atoms with E-state index in [1.807, 2.05) is 51.4 Å². The molecule has 27 heavy (non-hydrogen) atoms. The summed E-state index contributed by atoms with van der Waals surface area (Å²) in [6.45, 7) is 4.46. The molecule has 0 unspecified atom stereocenters. The van der Waals surface area contributed by atoms with E-state index < -0.39 is 0 Å². The summed E-state index contributed by atoms with van der Waals surface area (Å²) in [4.78, 5) is 27.2. The largest absolute Gasteiger partial charge is 0.489 e. The lowest BCUT2D eigenvalue weighted by Gasteiger charge is -2.13. The molecule has 0 aliphatic carbocycles. The highest BCUT2D eigenvalue weighted by molar-refractivity contribution is 5.95. The predicted octanol–water partition coefficient (Wildman–Crippen LogP) is 2.52. The molecule has 7 nitrogen and oxygen atoms in total. The van der Waals surface area contributed by atoms with Gasteiger partial charge >= 0.3 is 0 Å². The van der Waals surface area contributed by atoms with Crippen molar-refractivity contribution >= 4 is 22.8 Å². The van der Waals surface area contributed by atoms with Crippen LogP contribution in [0.15, 0.2) is 36.5 Å². The Labute approximate surface area is 158 Å². The molecule has 0 fully saturated rings. The zero-order valence-corrected chi connectivity index (χ0v) is 16.0. The number of fused-ring (bicyclic) bond motifs is 1. The number of hydrogen-bond acceptors (Lipinski definition) is 6. The van der Waals surface area contributed by atoms with Gasteiger partial charge in [0.1, 0.15) is 17.9 Å². The number of amides is 1. The molecule has 0 bridgehead atoms. The Bertz CT molecular complexity index is 972. The average molecular weight is 365 g/mol. The Kier molecular flexibility index (Phi) is 5.49. The summed E-state index contributed by atoms with van der Waals surface area (Å²) in [5, 5.41) is 3.86. The Balaban J connectivity index is 1.59. The summed E-state index contributed by atoms with van der Waals surface area (Å²) in [6.07, 6.45) is 1.55. The number of benzene rings is 1. The molecule has 0 radical (unpaired) electrons. The molecular weight excluding hydrogens is 342 g/mol. The number of pyridine rings is 1. The van der Waals surface area contributed by atoms with Crippen molar-refractivity contribution in [1.29, 1.82) is 0 Å². The second-order valence-corrected chi connectivity index (χ2v) is 6.45. The van der Waals surface area contributed by atoms with Gasteiger partial charge in [-0.3, -0.25) is 4.79 Å². The maximum atomic E-state index is 12.3. The topological polar surface area (TPSA) is 80.2 Å². The van der Waals surface area contributed by atoms with E-state index in [-0.39, 0.29) is 5.91 Å². The number of aryl methyl sites for hydroxylation is 2. The Morgan fingerprint density at radius 1 is 1.15 bits per heavy atom. The van der Waals surface area contributed by atoms with E-state index in [9.17, 15) is 4.79 Å². The van der Waals surface area contributed by atoms with E-state index in [0.717, 1.165) is 16.6 Å². The Hall–Kier alpha value is -3.22. The van der Waals surface area contributed by atoms with Gasteiger partial charge in [-0.2, -0.15) is 0 Å². The first-order valence-corrected chi connectivity index (χ1v) is 8.74. The van der Waals surface area contributed by atoms with Gasteiger partial charge in [0.25, 0.3) is 5.91 Å². The maximum absolute atomic E-state index is 12.3. The molecule has 1 amide bonds. The van der Waals surface area contributed by atoms with Crippen molar-refractivity contribution < 1.29 is 9.53 Å². The van der Waals surface area contributed by atoms with E-state index in [0.29, 0.717) is 36.1 Å². The lowest BCUT2D eigenvalue weighted by molar-refractivity contribution is 0.0945. The zero-order valence-electron chi connectivity index (χ0n) is 16.0. The quantitative estimate of drug-likeness (QED) is 0.676. The number of para-hydroxylation sites is 1. The summed E-state index contributed by atoms with van der Waals surface area (Å²) in [5.41, 5.74) is 2.86. The molecule has 1 aromatic carbocycles. The molecule has 0 saturated carbocycles. The van der Waals surface area contributed by atoms with Crippen LogP contribution in [0.2, 0.25) is 0 Å². The monoisotopic (exact) mass is 365 g/mol. The van der Waals surface area contributed by atoms with Gasteiger partial charge in [-0.15, -0.1) is 0 Å². The highest BCUT2D eigenvalue weighted by Crippen LogP contribution is 2.23. The molecule has 0 spiro atoms. The van der Waals surface area contributed by atoms with Crippen molar-refractivity contribution in [1.82, 2.24) is 20.3 Å². The highest BCUT2D eigenvalue weighted by Gasteiger charge is 2.12. The SMILES string of the molecule is Cc1ccc2cccc(OCCNC(=O)c3cnc(N(C)C)nc3C)c2n1. The number of hydrogen-bond donors (Lipinski definition) is 1. The number of carbonyl (C=O) groups excluding carboxylic acids is 1. The molecule has 0 aliphatic rings. The summed E-state index contributed by atoms with van der Waals surface area (Å²) < 4.78 is 5.83. The minimum atomic E-state index is -0.215. The molecule has 0 aliphatic heterocycles. The summed E-state index contributed by atoms with van der Waals surface area (Å²) in [5.74, 6) is 1.07. The number of nitrogens with zero attached hydrogens (tertiary/aromatic N) is 4. The standard InChI is InChI=1S/C20H23N5O2/c1-13-8-9-15-6-5-7-17(18(15)23-13)27-11-10-21-19(26)16-12-22-20(25(3)4)24-14(16)2/h5-9,12H,10-11H2,1-4H3,(H,21,26). The number of anilines is 1. The van der Waals surface area contributed by atoms with Crippen molar-refractivity contribution in [2.75, 3.05) is 32.1 Å². The van der Waals surface area contributed by atoms with E-state index in [1.54, 1.807) is 18.0 Å². The van der Waals surface area contributed by atoms with Crippen LogP contribution < -0.4 is 15.0 Å². The minimum Gasteiger partial charge on any atom is -0.489 e. The molecule has 3 rings (SSSR count). The molecule has 0 atom stereocenters. The third-order valence-electron chi connectivity index (χ3n) is 4.08. The smallest absolute Gasteiger partial charge is 0.254 e. The molecule has 2 heterocycles. The molecule has 2 aromatic heterocycles. The lowest BCUT2D eigenvalue weighted by atomic mass is 10.2. The molecule has 140 valence electrons. The van der Waals surface area contributed by atoms with Crippen LogP contribution in [-0.2, 0) is 0 Å². The van der Waals surface area contributed by atoms with E-state index >= 15 is 0 Å². The molecule has 1 N–H and O–H groups in total. The number of nitrogens with one attached hydrogen (secondary N) is 1. The molecule has 3 aromatic rings. The van der Waals surface area contributed by atoms with Crippen LogP contribution in [0.5, 0.6) is 5.75 Å². The van der Waals surface area contributed by atoms with Crippen molar-refractivity contribution in [3.8, 4) is 5.75 Å². The van der Waals surface area contributed by atoms with Crippen LogP contribution in [0.3, 0.4) is 0 Å². The molecular formula is C20H23N5O2. The second-order valence-electron chi connectivity index (χ2n) is 6.45. The fourth-order valence-corrected chi connectivity index (χ4v) is 2.65. The summed E-state index contributed by atoms with van der Waals surface area (Å²) in [6, 6.07) is 9.80. The Morgan fingerprint density at radius 2 is 1.96 bits per heavy atom. The average Bonchev–Trinajstić information content (AvgIpc) is 2.65. The van der Waals surface area contributed by atoms with Crippen molar-refractivity contribution in [3.05, 3.63) is 53.5 Å². The third-order valence-corrected chi connectivity index (χ3v) is 4.08. The van der Waals surface area contributed by atoms with Gasteiger partial charge in [-0.1, -0.05) is 18.2 Å². The highest BCUT2D eigenvalue weighted by atomic mass is 16.5. The normalized spacial score (nSPS) is 10.7. The fraction of sp³-hybridized carbons (Fsp3) is 0.300. The second kappa shape index (κ2) is 7.99. The van der Waals surface area contributed by atoms with E-state index in [4.69, 9.17) is 4.74 Å². The van der Waals surface area contributed by atoms with Crippen molar-refractivity contribution in [3.63, 3.8) is 0 Å². The van der Waals surface area contributed by atoms with Gasteiger partial charge in [0.2, 0.25) is 5.95 Å². The molecule has 0 saturated heterocycles. The van der Waals surface area contributed by atoms with Crippen LogP contribution in [0.4, 0.5) is 5.95 Å². The lowest BCUT2D eigenvalue weighted by Crippen LogP contribution is -2.29. The van der Waals surface area contributed by atoms with Gasteiger partial charge < -0.3 is 15.0 Å². The number of aromatic nitrogens is 3. The first-order valence-electron chi connectivity index (χ1n) is 8.74.